The fraction of sp³-hybridized carbons (Fsp3) is 0.560. The normalized spacial score (nSPS) is 19.7. The van der Waals surface area contributed by atoms with Crippen LogP contribution in [0.1, 0.15) is 80.9 Å². The van der Waals surface area contributed by atoms with Crippen molar-refractivity contribution in [1.29, 1.82) is 0 Å². The number of nitrogens with one attached hydrogen (secondary N) is 2. The standard InChI is InChI=1S/C25H34N6O/c1-17(2)22-16-28-31-23(22)29-25(32-20-11-7-13-26-15-20)30-24(31)27-14-19-10-5-6-12-21(19)18-8-3-4-9-18/h5-6,10,12,16-18,20,26H,3-4,7-9,11,13-15H2,1-2H3,(H,27,29,30)/t20-/m1/s1. The van der Waals surface area contributed by atoms with Gasteiger partial charge in [0.15, 0.2) is 5.65 Å². The van der Waals surface area contributed by atoms with Crippen LogP contribution in [0.15, 0.2) is 30.5 Å². The molecule has 0 amide bonds. The van der Waals surface area contributed by atoms with E-state index in [2.05, 4.69) is 53.8 Å². The molecule has 7 nitrogen and oxygen atoms in total. The van der Waals surface area contributed by atoms with Gasteiger partial charge in [0.1, 0.15) is 6.10 Å². The second-order valence-corrected chi connectivity index (χ2v) is 9.44. The number of piperidine rings is 1. The average Bonchev–Trinajstić information content (AvgIpc) is 3.49. The Hall–Kier alpha value is -2.67. The molecule has 1 saturated heterocycles. The Labute approximate surface area is 190 Å². The van der Waals surface area contributed by atoms with E-state index in [4.69, 9.17) is 14.7 Å². The fourth-order valence-electron chi connectivity index (χ4n) is 5.02. The molecule has 1 aliphatic heterocycles. The van der Waals surface area contributed by atoms with Crippen molar-refractivity contribution < 1.29 is 4.74 Å². The number of benzene rings is 1. The van der Waals surface area contributed by atoms with E-state index >= 15 is 0 Å². The predicted octanol–water partition coefficient (Wildman–Crippen LogP) is 4.65. The lowest BCUT2D eigenvalue weighted by atomic mass is 9.93. The zero-order chi connectivity index (χ0) is 21.9. The van der Waals surface area contributed by atoms with Crippen molar-refractivity contribution >= 4 is 11.6 Å². The number of nitrogens with zero attached hydrogens (tertiary/aromatic N) is 4. The molecule has 32 heavy (non-hydrogen) atoms. The molecule has 0 bridgehead atoms. The van der Waals surface area contributed by atoms with Gasteiger partial charge >= 0.3 is 6.01 Å². The van der Waals surface area contributed by atoms with Crippen molar-refractivity contribution in [1.82, 2.24) is 24.9 Å². The zero-order valence-corrected chi connectivity index (χ0v) is 19.2. The third kappa shape index (κ3) is 4.44. The van der Waals surface area contributed by atoms with Crippen LogP contribution in [0.3, 0.4) is 0 Å². The first-order valence-electron chi connectivity index (χ1n) is 12.1. The van der Waals surface area contributed by atoms with Crippen LogP contribution in [0.4, 0.5) is 5.95 Å². The van der Waals surface area contributed by atoms with E-state index in [0.717, 1.165) is 37.1 Å². The lowest BCUT2D eigenvalue weighted by Crippen LogP contribution is -2.37. The third-order valence-corrected chi connectivity index (χ3v) is 6.81. The summed E-state index contributed by atoms with van der Waals surface area (Å²) in [5.74, 6) is 1.68. The molecule has 170 valence electrons. The van der Waals surface area contributed by atoms with Crippen LogP contribution in [-0.4, -0.2) is 38.8 Å². The summed E-state index contributed by atoms with van der Waals surface area (Å²) in [5, 5.41) is 11.5. The maximum atomic E-state index is 6.20. The molecule has 0 spiro atoms. The van der Waals surface area contributed by atoms with Crippen molar-refractivity contribution in [3.05, 3.63) is 47.2 Å². The van der Waals surface area contributed by atoms with Gasteiger partial charge in [-0.05, 0) is 55.2 Å². The highest BCUT2D eigenvalue weighted by atomic mass is 16.5. The zero-order valence-electron chi connectivity index (χ0n) is 19.2. The van der Waals surface area contributed by atoms with E-state index in [1.807, 2.05) is 10.7 Å². The molecular formula is C25H34N6O. The number of hydrogen-bond donors (Lipinski definition) is 2. The summed E-state index contributed by atoms with van der Waals surface area (Å²) in [6, 6.07) is 9.23. The fourth-order valence-corrected chi connectivity index (χ4v) is 5.02. The quantitative estimate of drug-likeness (QED) is 0.564. The van der Waals surface area contributed by atoms with Gasteiger partial charge in [0, 0.05) is 18.7 Å². The second kappa shape index (κ2) is 9.45. The van der Waals surface area contributed by atoms with E-state index in [1.54, 1.807) is 0 Å². The molecule has 5 rings (SSSR count). The smallest absolute Gasteiger partial charge is 0.322 e. The van der Waals surface area contributed by atoms with Crippen LogP contribution in [0.5, 0.6) is 6.01 Å². The molecule has 7 heteroatoms. The number of anilines is 1. The number of fused-ring (bicyclic) bond motifs is 1. The number of rotatable bonds is 7. The summed E-state index contributed by atoms with van der Waals surface area (Å²) < 4.78 is 8.02. The summed E-state index contributed by atoms with van der Waals surface area (Å²) in [7, 11) is 0. The topological polar surface area (TPSA) is 76.4 Å². The minimum absolute atomic E-state index is 0.104. The molecule has 3 aromatic rings. The molecule has 1 aliphatic carbocycles. The van der Waals surface area contributed by atoms with Gasteiger partial charge in [-0.1, -0.05) is 51.0 Å². The Balaban J connectivity index is 1.44. The van der Waals surface area contributed by atoms with Crippen molar-refractivity contribution in [3.8, 4) is 6.01 Å². The Morgan fingerprint density at radius 2 is 1.97 bits per heavy atom. The number of aromatic nitrogens is 4. The Kier molecular flexibility index (Phi) is 6.26. The molecule has 2 fully saturated rings. The van der Waals surface area contributed by atoms with Gasteiger partial charge in [0.05, 0.1) is 6.20 Å². The van der Waals surface area contributed by atoms with Crippen LogP contribution >= 0.6 is 0 Å². The van der Waals surface area contributed by atoms with Crippen molar-refractivity contribution in [3.63, 3.8) is 0 Å². The SMILES string of the molecule is CC(C)c1cnn2c(NCc3ccccc3C3CCCC3)nc(O[C@@H]3CCCNC3)nc12. The van der Waals surface area contributed by atoms with Gasteiger partial charge in [-0.3, -0.25) is 0 Å². The number of hydrogen-bond acceptors (Lipinski definition) is 6. The van der Waals surface area contributed by atoms with Gasteiger partial charge < -0.3 is 15.4 Å². The molecule has 0 unspecified atom stereocenters. The highest BCUT2D eigenvalue weighted by Crippen LogP contribution is 2.36. The van der Waals surface area contributed by atoms with E-state index < -0.39 is 0 Å². The maximum Gasteiger partial charge on any atom is 0.322 e. The summed E-state index contributed by atoms with van der Waals surface area (Å²) in [6.45, 7) is 6.92. The lowest BCUT2D eigenvalue weighted by Gasteiger charge is -2.23. The molecule has 1 saturated carbocycles. The van der Waals surface area contributed by atoms with Crippen molar-refractivity contribution in [2.75, 3.05) is 18.4 Å². The highest BCUT2D eigenvalue weighted by molar-refractivity contribution is 5.53. The third-order valence-electron chi connectivity index (χ3n) is 6.81. The predicted molar refractivity (Wildman–Crippen MR) is 126 cm³/mol. The average molecular weight is 435 g/mol. The van der Waals surface area contributed by atoms with Crippen LogP contribution in [0.2, 0.25) is 0 Å². The molecule has 1 atom stereocenters. The van der Waals surface area contributed by atoms with Gasteiger partial charge in [0.25, 0.3) is 0 Å². The summed E-state index contributed by atoms with van der Waals surface area (Å²) >= 11 is 0. The Morgan fingerprint density at radius 1 is 1.12 bits per heavy atom. The summed E-state index contributed by atoms with van der Waals surface area (Å²) in [4.78, 5) is 9.48. The van der Waals surface area contributed by atoms with Gasteiger partial charge in [-0.2, -0.15) is 19.6 Å². The Morgan fingerprint density at radius 3 is 2.75 bits per heavy atom. The molecular weight excluding hydrogens is 400 g/mol. The van der Waals surface area contributed by atoms with Crippen molar-refractivity contribution in [2.45, 2.75) is 76.9 Å². The molecule has 3 heterocycles. The Bertz CT molecular complexity index is 1050. The molecule has 2 N–H and O–H groups in total. The first kappa shape index (κ1) is 21.2. The lowest BCUT2D eigenvalue weighted by molar-refractivity contribution is 0.153. The monoisotopic (exact) mass is 434 g/mol. The van der Waals surface area contributed by atoms with Crippen LogP contribution in [0, 0.1) is 0 Å². The molecule has 2 aliphatic rings. The van der Waals surface area contributed by atoms with Gasteiger partial charge in [-0.15, -0.1) is 0 Å². The van der Waals surface area contributed by atoms with Crippen molar-refractivity contribution in [2.24, 2.45) is 0 Å². The van der Waals surface area contributed by atoms with E-state index in [9.17, 15) is 0 Å². The van der Waals surface area contributed by atoms with Crippen LogP contribution < -0.4 is 15.4 Å². The summed E-state index contributed by atoms with van der Waals surface area (Å²) in [6.07, 6.45) is 9.39. The molecule has 0 radical (unpaired) electrons. The van der Waals surface area contributed by atoms with Crippen LogP contribution in [-0.2, 0) is 6.54 Å². The number of ether oxygens (including phenoxy) is 1. The summed E-state index contributed by atoms with van der Waals surface area (Å²) in [5.41, 5.74) is 4.73. The van der Waals surface area contributed by atoms with Crippen LogP contribution in [0.25, 0.3) is 5.65 Å². The van der Waals surface area contributed by atoms with Gasteiger partial charge in [-0.25, -0.2) is 0 Å². The van der Waals surface area contributed by atoms with E-state index in [0.29, 0.717) is 30.3 Å². The van der Waals surface area contributed by atoms with E-state index in [-0.39, 0.29) is 6.10 Å². The molecule has 2 aromatic heterocycles. The molecule has 1 aromatic carbocycles. The second-order valence-electron chi connectivity index (χ2n) is 9.44. The minimum Gasteiger partial charge on any atom is -0.459 e. The maximum absolute atomic E-state index is 6.20. The van der Waals surface area contributed by atoms with E-state index in [1.165, 1.54) is 36.8 Å². The van der Waals surface area contributed by atoms with Gasteiger partial charge in [0.2, 0.25) is 5.95 Å². The minimum atomic E-state index is 0.104. The first-order chi connectivity index (χ1) is 15.7. The highest BCUT2D eigenvalue weighted by Gasteiger charge is 2.22. The largest absolute Gasteiger partial charge is 0.459 e. The first-order valence-corrected chi connectivity index (χ1v) is 12.1.